The SMILES string of the molecule is C=C1[C@@H](C)CC2CC1(C)CCc1ccoc12. The minimum absolute atomic E-state index is 0.337. The van der Waals surface area contributed by atoms with Crippen LogP contribution in [-0.4, -0.2) is 0 Å². The van der Waals surface area contributed by atoms with Gasteiger partial charge in [-0.05, 0) is 48.6 Å². The Morgan fingerprint density at radius 3 is 3.12 bits per heavy atom. The zero-order chi connectivity index (χ0) is 11.3. The van der Waals surface area contributed by atoms with Gasteiger partial charge in [0.2, 0.25) is 0 Å². The highest BCUT2D eigenvalue weighted by Crippen LogP contribution is 2.54. The lowest BCUT2D eigenvalue weighted by Crippen LogP contribution is -2.30. The summed E-state index contributed by atoms with van der Waals surface area (Å²) in [6.45, 7) is 9.06. The van der Waals surface area contributed by atoms with Crippen molar-refractivity contribution in [2.24, 2.45) is 11.3 Å². The van der Waals surface area contributed by atoms with Crippen molar-refractivity contribution in [3.05, 3.63) is 35.8 Å². The van der Waals surface area contributed by atoms with Crippen LogP contribution in [0.2, 0.25) is 0 Å². The van der Waals surface area contributed by atoms with Crippen molar-refractivity contribution in [3.63, 3.8) is 0 Å². The van der Waals surface area contributed by atoms with Crippen LogP contribution in [0.5, 0.6) is 0 Å². The lowest BCUT2D eigenvalue weighted by Gasteiger charge is -2.41. The number of aryl methyl sites for hydroxylation is 1. The van der Waals surface area contributed by atoms with Gasteiger partial charge in [-0.3, -0.25) is 0 Å². The molecule has 1 aromatic rings. The molecular weight excluding hydrogens is 196 g/mol. The Morgan fingerprint density at radius 1 is 1.50 bits per heavy atom. The molecule has 1 heteroatoms. The molecule has 0 N–H and O–H groups in total. The van der Waals surface area contributed by atoms with Crippen LogP contribution in [0.3, 0.4) is 0 Å². The Hall–Kier alpha value is -0.980. The van der Waals surface area contributed by atoms with Gasteiger partial charge in [-0.25, -0.2) is 0 Å². The highest BCUT2D eigenvalue weighted by atomic mass is 16.3. The summed E-state index contributed by atoms with van der Waals surface area (Å²) in [6, 6.07) is 2.16. The number of furan rings is 1. The second kappa shape index (κ2) is 3.26. The molecule has 1 heterocycles. The molecule has 2 bridgehead atoms. The molecule has 3 rings (SSSR count). The molecule has 1 saturated carbocycles. The Balaban J connectivity index is 2.05. The van der Waals surface area contributed by atoms with Crippen LogP contribution in [0.4, 0.5) is 0 Å². The van der Waals surface area contributed by atoms with Gasteiger partial charge >= 0.3 is 0 Å². The van der Waals surface area contributed by atoms with E-state index in [1.807, 2.05) is 6.26 Å². The van der Waals surface area contributed by atoms with Crippen LogP contribution < -0.4 is 0 Å². The van der Waals surface area contributed by atoms with Crippen molar-refractivity contribution in [3.8, 4) is 0 Å². The highest BCUT2D eigenvalue weighted by molar-refractivity contribution is 5.30. The van der Waals surface area contributed by atoms with E-state index in [0.717, 1.165) is 6.42 Å². The summed E-state index contributed by atoms with van der Waals surface area (Å²) in [5.74, 6) is 2.53. The first kappa shape index (κ1) is 10.2. The highest BCUT2D eigenvalue weighted by Gasteiger charge is 2.42. The van der Waals surface area contributed by atoms with E-state index in [0.29, 0.717) is 17.3 Å². The molecule has 2 aliphatic rings. The van der Waals surface area contributed by atoms with Crippen LogP contribution in [0.1, 0.15) is 50.4 Å². The predicted molar refractivity (Wildman–Crippen MR) is 65.4 cm³/mol. The fourth-order valence-corrected chi connectivity index (χ4v) is 3.71. The summed E-state index contributed by atoms with van der Waals surface area (Å²) in [7, 11) is 0. The summed E-state index contributed by atoms with van der Waals surface area (Å²) in [5, 5.41) is 0. The molecule has 1 nitrogen and oxygen atoms in total. The van der Waals surface area contributed by atoms with E-state index < -0.39 is 0 Å². The Labute approximate surface area is 97.5 Å². The number of fused-ring (bicyclic) bond motifs is 4. The fourth-order valence-electron chi connectivity index (χ4n) is 3.71. The lowest BCUT2D eigenvalue weighted by atomic mass is 9.63. The number of rotatable bonds is 0. The Kier molecular flexibility index (Phi) is 2.07. The third-order valence-corrected chi connectivity index (χ3v) is 4.80. The number of hydrogen-bond donors (Lipinski definition) is 0. The van der Waals surface area contributed by atoms with Crippen LogP contribution in [0.15, 0.2) is 28.9 Å². The van der Waals surface area contributed by atoms with Gasteiger partial charge in [0.25, 0.3) is 0 Å². The van der Waals surface area contributed by atoms with E-state index in [1.54, 1.807) is 0 Å². The smallest absolute Gasteiger partial charge is 0.110 e. The lowest BCUT2D eigenvalue weighted by molar-refractivity contribution is 0.218. The summed E-state index contributed by atoms with van der Waals surface area (Å²) >= 11 is 0. The summed E-state index contributed by atoms with van der Waals surface area (Å²) in [6.07, 6.45) is 6.71. The van der Waals surface area contributed by atoms with Crippen LogP contribution in [0, 0.1) is 11.3 Å². The molecule has 0 saturated heterocycles. The van der Waals surface area contributed by atoms with Gasteiger partial charge in [0.05, 0.1) is 6.26 Å². The Bertz CT molecular complexity index is 428. The molecule has 0 aliphatic heterocycles. The van der Waals surface area contributed by atoms with Crippen molar-refractivity contribution in [1.82, 2.24) is 0 Å². The predicted octanol–water partition coefficient (Wildman–Crippen LogP) is 4.30. The molecule has 0 amide bonds. The largest absolute Gasteiger partial charge is 0.469 e. The molecule has 0 spiro atoms. The van der Waals surface area contributed by atoms with Crippen LogP contribution in [0.25, 0.3) is 0 Å². The molecule has 2 aliphatic carbocycles. The molecule has 86 valence electrons. The second-order valence-electron chi connectivity index (χ2n) is 5.93. The molecule has 3 atom stereocenters. The first-order chi connectivity index (χ1) is 7.60. The average molecular weight is 216 g/mol. The molecule has 0 radical (unpaired) electrons. The van der Waals surface area contributed by atoms with E-state index in [9.17, 15) is 0 Å². The topological polar surface area (TPSA) is 13.1 Å². The average Bonchev–Trinajstić information content (AvgIpc) is 2.67. The van der Waals surface area contributed by atoms with Crippen molar-refractivity contribution in [1.29, 1.82) is 0 Å². The zero-order valence-corrected chi connectivity index (χ0v) is 10.3. The minimum Gasteiger partial charge on any atom is -0.469 e. The zero-order valence-electron chi connectivity index (χ0n) is 10.3. The van der Waals surface area contributed by atoms with Crippen molar-refractivity contribution < 1.29 is 4.42 Å². The van der Waals surface area contributed by atoms with Gasteiger partial charge in [-0.15, -0.1) is 0 Å². The monoisotopic (exact) mass is 216 g/mol. The van der Waals surface area contributed by atoms with E-state index in [2.05, 4.69) is 26.5 Å². The van der Waals surface area contributed by atoms with Gasteiger partial charge < -0.3 is 4.42 Å². The van der Waals surface area contributed by atoms with Crippen LogP contribution in [-0.2, 0) is 6.42 Å². The maximum atomic E-state index is 5.72. The molecule has 1 aromatic heterocycles. The number of allylic oxidation sites excluding steroid dienone is 1. The van der Waals surface area contributed by atoms with E-state index in [4.69, 9.17) is 4.42 Å². The molecular formula is C15H20O. The second-order valence-corrected chi connectivity index (χ2v) is 5.93. The van der Waals surface area contributed by atoms with Crippen LogP contribution >= 0.6 is 0 Å². The standard InChI is InChI=1S/C15H20O/c1-10-8-13-9-15(3,11(10)2)6-4-12-5-7-16-14(12)13/h5,7,10,13H,2,4,6,8-9H2,1,3H3/t10-,13?,15?/m0/s1. The van der Waals surface area contributed by atoms with Crippen molar-refractivity contribution >= 4 is 0 Å². The van der Waals surface area contributed by atoms with E-state index in [1.165, 1.54) is 36.2 Å². The third-order valence-electron chi connectivity index (χ3n) is 4.80. The Morgan fingerprint density at radius 2 is 2.31 bits per heavy atom. The first-order valence-electron chi connectivity index (χ1n) is 6.36. The van der Waals surface area contributed by atoms with Gasteiger partial charge in [-0.1, -0.05) is 26.0 Å². The molecule has 2 unspecified atom stereocenters. The summed E-state index contributed by atoms with van der Waals surface area (Å²) in [5.41, 5.74) is 3.24. The van der Waals surface area contributed by atoms with Gasteiger partial charge in [0.1, 0.15) is 5.76 Å². The first-order valence-corrected chi connectivity index (χ1v) is 6.36. The van der Waals surface area contributed by atoms with Gasteiger partial charge in [-0.2, -0.15) is 0 Å². The maximum Gasteiger partial charge on any atom is 0.110 e. The quantitative estimate of drug-likeness (QED) is 0.589. The van der Waals surface area contributed by atoms with Crippen molar-refractivity contribution in [2.45, 2.75) is 45.4 Å². The van der Waals surface area contributed by atoms with E-state index >= 15 is 0 Å². The normalized spacial score (nSPS) is 38.0. The summed E-state index contributed by atoms with van der Waals surface area (Å²) in [4.78, 5) is 0. The van der Waals surface area contributed by atoms with Crippen molar-refractivity contribution in [2.75, 3.05) is 0 Å². The van der Waals surface area contributed by atoms with Gasteiger partial charge in [0, 0.05) is 5.92 Å². The molecule has 16 heavy (non-hydrogen) atoms. The van der Waals surface area contributed by atoms with E-state index in [-0.39, 0.29) is 0 Å². The molecule has 0 aromatic carbocycles. The summed E-state index contributed by atoms with van der Waals surface area (Å²) < 4.78 is 5.72. The third kappa shape index (κ3) is 1.30. The minimum atomic E-state index is 0.337. The number of hydrogen-bond acceptors (Lipinski definition) is 1. The van der Waals surface area contributed by atoms with Gasteiger partial charge in [0.15, 0.2) is 0 Å². The fraction of sp³-hybridized carbons (Fsp3) is 0.600. The maximum absolute atomic E-state index is 5.72. The molecule has 1 fully saturated rings.